The van der Waals surface area contributed by atoms with Gasteiger partial charge in [-0.3, -0.25) is 9.59 Å². The highest BCUT2D eigenvalue weighted by Crippen LogP contribution is 2.11. The van der Waals surface area contributed by atoms with E-state index < -0.39 is 23.5 Å². The first-order valence-corrected chi connectivity index (χ1v) is 4.14. The van der Waals surface area contributed by atoms with Crippen LogP contribution in [0, 0.1) is 5.92 Å². The molecule has 0 aromatic heterocycles. The lowest BCUT2D eigenvalue weighted by atomic mass is 10.0. The maximum absolute atomic E-state index is 11.3. The van der Waals surface area contributed by atoms with E-state index in [0.717, 1.165) is 0 Å². The predicted octanol–water partition coefficient (Wildman–Crippen LogP) is 0.401. The first-order valence-electron chi connectivity index (χ1n) is 4.14. The van der Waals surface area contributed by atoms with Crippen LogP contribution in [0.1, 0.15) is 27.7 Å². The summed E-state index contributed by atoms with van der Waals surface area (Å²) in [5, 5.41) is 0. The summed E-state index contributed by atoms with van der Waals surface area (Å²) in [7, 11) is 0. The second-order valence-electron chi connectivity index (χ2n) is 3.99. The van der Waals surface area contributed by atoms with Gasteiger partial charge in [-0.1, -0.05) is 0 Å². The lowest BCUT2D eigenvalue weighted by molar-refractivity contribution is -0.157. The number of rotatable bonds is 3. The van der Waals surface area contributed by atoms with Crippen LogP contribution in [0.2, 0.25) is 0 Å². The summed E-state index contributed by atoms with van der Waals surface area (Å²) in [5.41, 5.74) is 4.81. The SMILES string of the molecule is CC(N)C([C]=O)C(=O)OC(C)(C)C. The van der Waals surface area contributed by atoms with Gasteiger partial charge < -0.3 is 10.5 Å². The van der Waals surface area contributed by atoms with Gasteiger partial charge in [0.1, 0.15) is 11.5 Å². The van der Waals surface area contributed by atoms with Gasteiger partial charge in [-0.15, -0.1) is 0 Å². The minimum Gasteiger partial charge on any atom is -0.459 e. The third kappa shape index (κ3) is 4.62. The van der Waals surface area contributed by atoms with E-state index in [9.17, 15) is 9.59 Å². The first kappa shape index (κ1) is 12.1. The largest absolute Gasteiger partial charge is 0.459 e. The number of ether oxygens (including phenoxy) is 1. The topological polar surface area (TPSA) is 69.4 Å². The maximum Gasteiger partial charge on any atom is 0.319 e. The number of carbonyl (C=O) groups is 1. The number of hydrogen-bond donors (Lipinski definition) is 1. The van der Waals surface area contributed by atoms with Gasteiger partial charge in [-0.2, -0.15) is 0 Å². The molecule has 4 heteroatoms. The zero-order valence-corrected chi connectivity index (χ0v) is 8.46. The molecular weight excluding hydrogens is 170 g/mol. The number of esters is 1. The molecule has 0 fully saturated rings. The fourth-order valence-corrected chi connectivity index (χ4v) is 0.735. The third-order valence-electron chi connectivity index (χ3n) is 1.31. The Balaban J connectivity index is 4.32. The Bertz CT molecular complexity index is 194. The molecule has 2 N–H and O–H groups in total. The van der Waals surface area contributed by atoms with Crippen molar-refractivity contribution < 1.29 is 14.3 Å². The van der Waals surface area contributed by atoms with E-state index in [-0.39, 0.29) is 0 Å². The molecular formula is C9H16NO3. The van der Waals surface area contributed by atoms with E-state index >= 15 is 0 Å². The van der Waals surface area contributed by atoms with E-state index in [4.69, 9.17) is 10.5 Å². The fourth-order valence-electron chi connectivity index (χ4n) is 0.735. The molecule has 1 radical (unpaired) electrons. The minimum absolute atomic E-state index is 0.563. The van der Waals surface area contributed by atoms with Crippen molar-refractivity contribution >= 4 is 12.3 Å². The van der Waals surface area contributed by atoms with Gasteiger partial charge in [0, 0.05) is 6.04 Å². The number of carbonyl (C=O) groups excluding carboxylic acids is 2. The van der Waals surface area contributed by atoms with Gasteiger partial charge >= 0.3 is 5.97 Å². The summed E-state index contributed by atoms with van der Waals surface area (Å²) in [6.07, 6.45) is 1.57. The molecule has 0 spiro atoms. The van der Waals surface area contributed by atoms with Crippen molar-refractivity contribution in [3.05, 3.63) is 0 Å². The van der Waals surface area contributed by atoms with Crippen LogP contribution in [0.5, 0.6) is 0 Å². The van der Waals surface area contributed by atoms with E-state index in [1.807, 2.05) is 0 Å². The highest BCUT2D eigenvalue weighted by molar-refractivity contribution is 5.89. The van der Waals surface area contributed by atoms with Crippen LogP contribution < -0.4 is 5.73 Å². The van der Waals surface area contributed by atoms with Gasteiger partial charge in [0.2, 0.25) is 6.29 Å². The van der Waals surface area contributed by atoms with E-state index in [2.05, 4.69) is 0 Å². The van der Waals surface area contributed by atoms with Crippen molar-refractivity contribution in [2.24, 2.45) is 11.7 Å². The Kier molecular flexibility index (Phi) is 4.07. The highest BCUT2D eigenvalue weighted by Gasteiger charge is 2.28. The number of nitrogens with two attached hydrogens (primary N) is 1. The quantitative estimate of drug-likeness (QED) is 0.511. The summed E-state index contributed by atoms with van der Waals surface area (Å²) < 4.78 is 4.97. The molecule has 0 amide bonds. The van der Waals surface area contributed by atoms with Crippen LogP contribution in [0.25, 0.3) is 0 Å². The normalized spacial score (nSPS) is 16.1. The monoisotopic (exact) mass is 186 g/mol. The summed E-state index contributed by atoms with van der Waals surface area (Å²) in [6, 6.07) is -0.563. The average molecular weight is 186 g/mol. The lowest BCUT2D eigenvalue weighted by Gasteiger charge is -2.22. The Morgan fingerprint density at radius 2 is 1.92 bits per heavy atom. The Morgan fingerprint density at radius 3 is 2.15 bits per heavy atom. The molecule has 75 valence electrons. The number of hydrogen-bond acceptors (Lipinski definition) is 4. The molecule has 2 atom stereocenters. The second-order valence-corrected chi connectivity index (χ2v) is 3.99. The van der Waals surface area contributed by atoms with E-state index in [0.29, 0.717) is 0 Å². The van der Waals surface area contributed by atoms with Gasteiger partial charge in [-0.25, -0.2) is 0 Å². The van der Waals surface area contributed by atoms with Crippen molar-refractivity contribution in [3.8, 4) is 0 Å². The predicted molar refractivity (Wildman–Crippen MR) is 48.7 cm³/mol. The van der Waals surface area contributed by atoms with Crippen molar-refractivity contribution in [3.63, 3.8) is 0 Å². The van der Waals surface area contributed by atoms with Gasteiger partial charge in [-0.05, 0) is 27.7 Å². The second kappa shape index (κ2) is 4.37. The lowest BCUT2D eigenvalue weighted by Crippen LogP contribution is -2.38. The molecule has 0 saturated carbocycles. The fraction of sp³-hybridized carbons (Fsp3) is 0.778. The molecule has 0 aliphatic heterocycles. The smallest absolute Gasteiger partial charge is 0.319 e. The Labute approximate surface area is 78.4 Å². The van der Waals surface area contributed by atoms with Crippen molar-refractivity contribution in [2.45, 2.75) is 39.3 Å². The molecule has 0 aromatic rings. The molecule has 2 unspecified atom stereocenters. The molecule has 0 aromatic carbocycles. The molecule has 0 rings (SSSR count). The van der Waals surface area contributed by atoms with Crippen molar-refractivity contribution in [1.82, 2.24) is 0 Å². The molecule has 0 aliphatic rings. The summed E-state index contributed by atoms with van der Waals surface area (Å²) in [4.78, 5) is 21.6. The van der Waals surface area contributed by atoms with E-state index in [1.54, 1.807) is 34.0 Å². The molecule has 13 heavy (non-hydrogen) atoms. The van der Waals surface area contributed by atoms with Gasteiger partial charge in [0.15, 0.2) is 0 Å². The van der Waals surface area contributed by atoms with Crippen LogP contribution in [-0.4, -0.2) is 23.9 Å². The highest BCUT2D eigenvalue weighted by atomic mass is 16.6. The molecule has 0 aliphatic carbocycles. The van der Waals surface area contributed by atoms with Crippen LogP contribution in [0.15, 0.2) is 0 Å². The zero-order valence-electron chi connectivity index (χ0n) is 8.46. The third-order valence-corrected chi connectivity index (χ3v) is 1.31. The standard InChI is InChI=1S/C9H16NO3/c1-6(10)7(5-11)8(12)13-9(2,3)4/h6-7H,10H2,1-4H3. The van der Waals surface area contributed by atoms with E-state index in [1.165, 1.54) is 0 Å². The molecule has 0 bridgehead atoms. The molecule has 0 heterocycles. The molecule has 0 saturated heterocycles. The maximum atomic E-state index is 11.3. The zero-order chi connectivity index (χ0) is 10.6. The minimum atomic E-state index is -0.987. The first-order chi connectivity index (χ1) is 5.78. The van der Waals surface area contributed by atoms with Crippen molar-refractivity contribution in [1.29, 1.82) is 0 Å². The van der Waals surface area contributed by atoms with Gasteiger partial charge in [0.05, 0.1) is 0 Å². The summed E-state index contributed by atoms with van der Waals surface area (Å²) in [6.45, 7) is 6.76. The Morgan fingerprint density at radius 1 is 1.46 bits per heavy atom. The van der Waals surface area contributed by atoms with Crippen LogP contribution in [0.4, 0.5) is 0 Å². The summed E-state index contributed by atoms with van der Waals surface area (Å²) in [5.74, 6) is -1.60. The van der Waals surface area contributed by atoms with Crippen LogP contribution in [0.3, 0.4) is 0 Å². The van der Waals surface area contributed by atoms with Gasteiger partial charge in [0.25, 0.3) is 0 Å². The average Bonchev–Trinajstić information content (AvgIpc) is 1.82. The Hall–Kier alpha value is -0.900. The van der Waals surface area contributed by atoms with Crippen molar-refractivity contribution in [2.75, 3.05) is 0 Å². The van der Waals surface area contributed by atoms with Crippen LogP contribution >= 0.6 is 0 Å². The molecule has 4 nitrogen and oxygen atoms in total. The summed E-state index contributed by atoms with van der Waals surface area (Å²) >= 11 is 0. The van der Waals surface area contributed by atoms with Crippen LogP contribution in [-0.2, 0) is 14.3 Å².